The summed E-state index contributed by atoms with van der Waals surface area (Å²) in [5.41, 5.74) is 0. The highest BCUT2D eigenvalue weighted by Crippen LogP contribution is 2.05. The first-order valence-electron chi connectivity index (χ1n) is 5.86. The zero-order valence-electron chi connectivity index (χ0n) is 9.35. The van der Waals surface area contributed by atoms with Crippen LogP contribution in [0.1, 0.15) is 32.1 Å². The van der Waals surface area contributed by atoms with E-state index < -0.39 is 0 Å². The molecule has 1 unspecified atom stereocenters. The topological polar surface area (TPSA) is 24.1 Å². The number of nitrogens with one attached hydrogen (secondary N) is 2. The van der Waals surface area contributed by atoms with E-state index in [1.54, 1.807) is 0 Å². The van der Waals surface area contributed by atoms with Gasteiger partial charge in [0.1, 0.15) is 0 Å². The minimum absolute atomic E-state index is 0.740. The summed E-state index contributed by atoms with van der Waals surface area (Å²) >= 11 is 1.95. The van der Waals surface area contributed by atoms with E-state index in [1.165, 1.54) is 57.5 Å². The van der Waals surface area contributed by atoms with E-state index in [0.717, 1.165) is 6.04 Å². The zero-order valence-corrected chi connectivity index (χ0v) is 10.2. The third-order valence-electron chi connectivity index (χ3n) is 2.76. The Hall–Kier alpha value is 0.270. The van der Waals surface area contributed by atoms with Gasteiger partial charge >= 0.3 is 0 Å². The molecule has 1 aliphatic heterocycles. The van der Waals surface area contributed by atoms with Gasteiger partial charge in [-0.1, -0.05) is 6.42 Å². The van der Waals surface area contributed by atoms with Crippen LogP contribution in [0.2, 0.25) is 0 Å². The van der Waals surface area contributed by atoms with Crippen molar-refractivity contribution in [1.29, 1.82) is 0 Å². The molecule has 1 atom stereocenters. The fourth-order valence-corrected chi connectivity index (χ4v) is 2.36. The lowest BCUT2D eigenvalue weighted by Crippen LogP contribution is -2.41. The molecule has 1 fully saturated rings. The summed E-state index contributed by atoms with van der Waals surface area (Å²) in [5, 5.41) is 7.10. The molecule has 1 aliphatic rings. The molecule has 0 aliphatic carbocycles. The Morgan fingerprint density at radius 3 is 3.00 bits per heavy atom. The fraction of sp³-hybridized carbons (Fsp3) is 1.00. The molecule has 0 radical (unpaired) electrons. The van der Waals surface area contributed by atoms with Gasteiger partial charge in [-0.05, 0) is 50.8 Å². The molecule has 0 aromatic heterocycles. The van der Waals surface area contributed by atoms with E-state index in [2.05, 4.69) is 16.9 Å². The maximum absolute atomic E-state index is 3.55. The number of piperidine rings is 1. The SMILES string of the molecule is CSCCCCNCC1CCCCN1. The number of hydrogen-bond acceptors (Lipinski definition) is 3. The molecule has 0 aromatic carbocycles. The Morgan fingerprint density at radius 1 is 1.36 bits per heavy atom. The molecule has 0 spiro atoms. The summed E-state index contributed by atoms with van der Waals surface area (Å²) in [7, 11) is 0. The number of hydrogen-bond donors (Lipinski definition) is 2. The van der Waals surface area contributed by atoms with Crippen LogP contribution in [-0.2, 0) is 0 Å². The maximum Gasteiger partial charge on any atom is 0.0192 e. The van der Waals surface area contributed by atoms with Crippen LogP contribution in [0.5, 0.6) is 0 Å². The molecule has 0 saturated carbocycles. The second kappa shape index (κ2) is 8.57. The first-order chi connectivity index (χ1) is 6.93. The van der Waals surface area contributed by atoms with Crippen molar-refractivity contribution < 1.29 is 0 Å². The molecule has 1 heterocycles. The Morgan fingerprint density at radius 2 is 2.29 bits per heavy atom. The summed E-state index contributed by atoms with van der Waals surface area (Å²) in [5.74, 6) is 1.31. The molecule has 2 N–H and O–H groups in total. The predicted octanol–water partition coefficient (Wildman–Crippen LogP) is 1.86. The van der Waals surface area contributed by atoms with Gasteiger partial charge in [0, 0.05) is 12.6 Å². The van der Waals surface area contributed by atoms with Gasteiger partial charge in [-0.3, -0.25) is 0 Å². The molecular weight excluding hydrogens is 192 g/mol. The number of unbranched alkanes of at least 4 members (excludes halogenated alkanes) is 1. The fourth-order valence-electron chi connectivity index (χ4n) is 1.87. The van der Waals surface area contributed by atoms with E-state index in [9.17, 15) is 0 Å². The van der Waals surface area contributed by atoms with Crippen molar-refractivity contribution in [3.05, 3.63) is 0 Å². The second-order valence-electron chi connectivity index (χ2n) is 4.05. The van der Waals surface area contributed by atoms with E-state index in [0.29, 0.717) is 0 Å². The molecule has 3 heteroatoms. The largest absolute Gasteiger partial charge is 0.315 e. The van der Waals surface area contributed by atoms with Crippen LogP contribution in [0, 0.1) is 0 Å². The first-order valence-corrected chi connectivity index (χ1v) is 7.26. The highest BCUT2D eigenvalue weighted by molar-refractivity contribution is 7.98. The van der Waals surface area contributed by atoms with Crippen molar-refractivity contribution in [2.75, 3.05) is 31.6 Å². The minimum atomic E-state index is 0.740. The molecule has 1 rings (SSSR count). The van der Waals surface area contributed by atoms with Crippen molar-refractivity contribution >= 4 is 11.8 Å². The summed E-state index contributed by atoms with van der Waals surface area (Å²) in [6.07, 6.45) is 8.99. The van der Waals surface area contributed by atoms with Crippen molar-refractivity contribution in [3.8, 4) is 0 Å². The Bertz CT molecular complexity index is 124. The lowest BCUT2D eigenvalue weighted by Gasteiger charge is -2.23. The molecule has 84 valence electrons. The standard InChI is InChI=1S/C11H24N2S/c1-14-9-5-4-7-12-10-11-6-2-3-8-13-11/h11-13H,2-10H2,1H3. The highest BCUT2D eigenvalue weighted by Gasteiger charge is 2.10. The molecule has 14 heavy (non-hydrogen) atoms. The molecule has 1 saturated heterocycles. The normalized spacial score (nSPS) is 22.5. The minimum Gasteiger partial charge on any atom is -0.315 e. The third kappa shape index (κ3) is 5.89. The summed E-state index contributed by atoms with van der Waals surface area (Å²) in [4.78, 5) is 0. The monoisotopic (exact) mass is 216 g/mol. The van der Waals surface area contributed by atoms with Crippen molar-refractivity contribution in [3.63, 3.8) is 0 Å². The Balaban J connectivity index is 1.82. The van der Waals surface area contributed by atoms with Crippen LogP contribution in [0.15, 0.2) is 0 Å². The molecule has 0 aromatic rings. The molecule has 2 nitrogen and oxygen atoms in total. The highest BCUT2D eigenvalue weighted by atomic mass is 32.2. The second-order valence-corrected chi connectivity index (χ2v) is 5.04. The van der Waals surface area contributed by atoms with Crippen molar-refractivity contribution in [1.82, 2.24) is 10.6 Å². The van der Waals surface area contributed by atoms with E-state index in [4.69, 9.17) is 0 Å². The van der Waals surface area contributed by atoms with Crippen LogP contribution >= 0.6 is 11.8 Å². The number of thioether (sulfide) groups is 1. The molecule has 0 amide bonds. The summed E-state index contributed by atoms with van der Waals surface area (Å²) in [6, 6.07) is 0.740. The average molecular weight is 216 g/mol. The third-order valence-corrected chi connectivity index (χ3v) is 3.45. The predicted molar refractivity (Wildman–Crippen MR) is 66.1 cm³/mol. The van der Waals surface area contributed by atoms with Gasteiger partial charge in [0.25, 0.3) is 0 Å². The van der Waals surface area contributed by atoms with Crippen molar-refractivity contribution in [2.24, 2.45) is 0 Å². The van der Waals surface area contributed by atoms with Crippen LogP contribution in [-0.4, -0.2) is 37.7 Å². The average Bonchev–Trinajstić information content (AvgIpc) is 2.25. The number of rotatable bonds is 7. The van der Waals surface area contributed by atoms with Gasteiger partial charge in [-0.15, -0.1) is 0 Å². The van der Waals surface area contributed by atoms with E-state index in [-0.39, 0.29) is 0 Å². The van der Waals surface area contributed by atoms with Gasteiger partial charge in [-0.25, -0.2) is 0 Å². The van der Waals surface area contributed by atoms with Crippen molar-refractivity contribution in [2.45, 2.75) is 38.1 Å². The van der Waals surface area contributed by atoms with Gasteiger partial charge in [0.05, 0.1) is 0 Å². The van der Waals surface area contributed by atoms with Gasteiger partial charge in [0.15, 0.2) is 0 Å². The summed E-state index contributed by atoms with van der Waals surface area (Å²) in [6.45, 7) is 3.58. The van der Waals surface area contributed by atoms with E-state index >= 15 is 0 Å². The van der Waals surface area contributed by atoms with Gasteiger partial charge < -0.3 is 10.6 Å². The first kappa shape index (κ1) is 12.3. The van der Waals surface area contributed by atoms with E-state index in [1.807, 2.05) is 11.8 Å². The maximum atomic E-state index is 3.55. The zero-order chi connectivity index (χ0) is 10.1. The van der Waals surface area contributed by atoms with Crippen LogP contribution in [0.25, 0.3) is 0 Å². The quantitative estimate of drug-likeness (QED) is 0.635. The van der Waals surface area contributed by atoms with Crippen LogP contribution in [0.4, 0.5) is 0 Å². The lowest BCUT2D eigenvalue weighted by molar-refractivity contribution is 0.383. The lowest BCUT2D eigenvalue weighted by atomic mass is 10.1. The summed E-state index contributed by atoms with van der Waals surface area (Å²) < 4.78 is 0. The smallest absolute Gasteiger partial charge is 0.0192 e. The molecular formula is C11H24N2S. The Kier molecular flexibility index (Phi) is 7.55. The van der Waals surface area contributed by atoms with Crippen LogP contribution < -0.4 is 10.6 Å². The Labute approximate surface area is 92.6 Å². The van der Waals surface area contributed by atoms with Crippen LogP contribution in [0.3, 0.4) is 0 Å². The molecule has 0 bridgehead atoms. The van der Waals surface area contributed by atoms with Gasteiger partial charge in [0.2, 0.25) is 0 Å². The van der Waals surface area contributed by atoms with Gasteiger partial charge in [-0.2, -0.15) is 11.8 Å².